The summed E-state index contributed by atoms with van der Waals surface area (Å²) in [6.07, 6.45) is 0.715. The summed E-state index contributed by atoms with van der Waals surface area (Å²) in [4.78, 5) is 11.9. The molecule has 0 heterocycles. The molecule has 1 aromatic carbocycles. The van der Waals surface area contributed by atoms with Crippen LogP contribution in [0.1, 0.15) is 44.4 Å². The Labute approximate surface area is 110 Å². The largest absolute Gasteiger partial charge is 0.348 e. The van der Waals surface area contributed by atoms with Crippen LogP contribution in [-0.2, 0) is 4.79 Å². The van der Waals surface area contributed by atoms with Gasteiger partial charge in [-0.05, 0) is 31.7 Å². The number of aryl methyl sites for hydroxylation is 1. The second kappa shape index (κ2) is 6.55. The Morgan fingerprint density at radius 2 is 2.00 bits per heavy atom. The van der Waals surface area contributed by atoms with Crippen LogP contribution in [0.2, 0.25) is 0 Å². The first-order chi connectivity index (χ1) is 8.40. The second-order valence-corrected chi connectivity index (χ2v) is 5.38. The Kier molecular flexibility index (Phi) is 5.35. The first-order valence-corrected chi connectivity index (χ1v) is 6.52. The Morgan fingerprint density at radius 3 is 2.56 bits per heavy atom. The van der Waals surface area contributed by atoms with E-state index in [1.54, 1.807) is 0 Å². The predicted octanol–water partition coefficient (Wildman–Crippen LogP) is 2.55. The zero-order valence-corrected chi connectivity index (χ0v) is 11.7. The highest BCUT2D eigenvalue weighted by molar-refractivity contribution is 5.81. The van der Waals surface area contributed by atoms with Crippen LogP contribution in [-0.4, -0.2) is 11.9 Å². The van der Waals surface area contributed by atoms with Crippen LogP contribution in [0.3, 0.4) is 0 Å². The number of nitrogens with one attached hydrogen (secondary N) is 1. The third-order valence-electron chi connectivity index (χ3n) is 2.96. The van der Waals surface area contributed by atoms with Gasteiger partial charge in [-0.2, -0.15) is 0 Å². The Balaban J connectivity index is 2.59. The number of rotatable bonds is 5. The van der Waals surface area contributed by atoms with Gasteiger partial charge in [-0.25, -0.2) is 0 Å². The van der Waals surface area contributed by atoms with Crippen LogP contribution in [0.25, 0.3) is 0 Å². The molecule has 3 heteroatoms. The van der Waals surface area contributed by atoms with Gasteiger partial charge in [0.15, 0.2) is 0 Å². The first kappa shape index (κ1) is 14.7. The maximum absolute atomic E-state index is 11.9. The number of hydrogen-bond donors (Lipinski definition) is 2. The molecule has 18 heavy (non-hydrogen) atoms. The van der Waals surface area contributed by atoms with Crippen molar-refractivity contribution in [3.05, 3.63) is 35.4 Å². The van der Waals surface area contributed by atoms with Crippen molar-refractivity contribution in [3.8, 4) is 0 Å². The molecular formula is C15H24N2O. The summed E-state index contributed by atoms with van der Waals surface area (Å²) in [5.41, 5.74) is 8.17. The fourth-order valence-corrected chi connectivity index (χ4v) is 1.96. The smallest absolute Gasteiger partial charge is 0.237 e. The number of amides is 1. The lowest BCUT2D eigenvalue weighted by atomic mass is 10.0. The van der Waals surface area contributed by atoms with E-state index >= 15 is 0 Å². The predicted molar refractivity (Wildman–Crippen MR) is 75.2 cm³/mol. The van der Waals surface area contributed by atoms with E-state index in [0.29, 0.717) is 12.3 Å². The molecule has 1 aromatic rings. The molecule has 3 N–H and O–H groups in total. The highest BCUT2D eigenvalue weighted by Crippen LogP contribution is 2.14. The van der Waals surface area contributed by atoms with Gasteiger partial charge in [0.2, 0.25) is 5.91 Å². The summed E-state index contributed by atoms with van der Waals surface area (Å²) in [6.45, 7) is 8.16. The number of nitrogens with two attached hydrogens (primary N) is 1. The van der Waals surface area contributed by atoms with E-state index in [-0.39, 0.29) is 11.9 Å². The molecule has 0 aliphatic carbocycles. The molecule has 0 aliphatic rings. The molecule has 3 nitrogen and oxygen atoms in total. The van der Waals surface area contributed by atoms with Crippen LogP contribution in [0, 0.1) is 12.8 Å². The van der Waals surface area contributed by atoms with Gasteiger partial charge in [0.1, 0.15) is 0 Å². The lowest BCUT2D eigenvalue weighted by Crippen LogP contribution is -2.42. The van der Waals surface area contributed by atoms with Gasteiger partial charge in [0, 0.05) is 0 Å². The SMILES string of the molecule is Cc1cccc([C@H](C)NC(=O)[C@H](N)CC(C)C)c1. The summed E-state index contributed by atoms with van der Waals surface area (Å²) in [5, 5.41) is 2.96. The topological polar surface area (TPSA) is 55.1 Å². The molecule has 0 aliphatic heterocycles. The van der Waals surface area contributed by atoms with Crippen LogP contribution in [0.4, 0.5) is 0 Å². The Bertz CT molecular complexity index is 401. The van der Waals surface area contributed by atoms with E-state index in [1.165, 1.54) is 5.56 Å². The molecule has 0 radical (unpaired) electrons. The molecule has 100 valence electrons. The van der Waals surface area contributed by atoms with Crippen molar-refractivity contribution in [3.63, 3.8) is 0 Å². The van der Waals surface area contributed by atoms with E-state index < -0.39 is 6.04 Å². The van der Waals surface area contributed by atoms with E-state index in [9.17, 15) is 4.79 Å². The maximum atomic E-state index is 11.9. The van der Waals surface area contributed by atoms with Gasteiger partial charge < -0.3 is 11.1 Å². The van der Waals surface area contributed by atoms with Crippen LogP contribution in [0.15, 0.2) is 24.3 Å². The molecule has 0 bridgehead atoms. The van der Waals surface area contributed by atoms with E-state index in [0.717, 1.165) is 5.56 Å². The van der Waals surface area contributed by atoms with Crippen molar-refractivity contribution in [2.75, 3.05) is 0 Å². The maximum Gasteiger partial charge on any atom is 0.237 e. The lowest BCUT2D eigenvalue weighted by Gasteiger charge is -2.19. The van der Waals surface area contributed by atoms with Gasteiger partial charge in [0.05, 0.1) is 12.1 Å². The first-order valence-electron chi connectivity index (χ1n) is 6.52. The Morgan fingerprint density at radius 1 is 1.33 bits per heavy atom. The summed E-state index contributed by atoms with van der Waals surface area (Å²) < 4.78 is 0. The van der Waals surface area contributed by atoms with E-state index in [2.05, 4.69) is 25.2 Å². The fourth-order valence-electron chi connectivity index (χ4n) is 1.96. The highest BCUT2D eigenvalue weighted by Gasteiger charge is 2.17. The molecular weight excluding hydrogens is 224 g/mol. The van der Waals surface area contributed by atoms with Crippen molar-refractivity contribution >= 4 is 5.91 Å². The zero-order chi connectivity index (χ0) is 13.7. The fraction of sp³-hybridized carbons (Fsp3) is 0.533. The molecule has 2 atom stereocenters. The van der Waals surface area contributed by atoms with E-state index in [4.69, 9.17) is 5.73 Å². The molecule has 0 aromatic heterocycles. The van der Waals surface area contributed by atoms with Crippen molar-refractivity contribution in [1.82, 2.24) is 5.32 Å². The normalized spacial score (nSPS) is 14.3. The van der Waals surface area contributed by atoms with Crippen LogP contribution < -0.4 is 11.1 Å². The number of benzene rings is 1. The summed E-state index contributed by atoms with van der Waals surface area (Å²) in [6, 6.07) is 7.72. The summed E-state index contributed by atoms with van der Waals surface area (Å²) in [7, 11) is 0. The number of carbonyl (C=O) groups excluding carboxylic acids is 1. The summed E-state index contributed by atoms with van der Waals surface area (Å²) in [5.74, 6) is 0.359. The molecule has 0 saturated carbocycles. The monoisotopic (exact) mass is 248 g/mol. The third kappa shape index (κ3) is 4.49. The molecule has 0 fully saturated rings. The average molecular weight is 248 g/mol. The highest BCUT2D eigenvalue weighted by atomic mass is 16.2. The minimum absolute atomic E-state index is 0.00406. The van der Waals surface area contributed by atoms with Gasteiger partial charge in [-0.3, -0.25) is 4.79 Å². The number of carbonyl (C=O) groups is 1. The van der Waals surface area contributed by atoms with Crippen LogP contribution >= 0.6 is 0 Å². The quantitative estimate of drug-likeness (QED) is 0.841. The third-order valence-corrected chi connectivity index (χ3v) is 2.96. The average Bonchev–Trinajstić information content (AvgIpc) is 2.27. The number of hydrogen-bond acceptors (Lipinski definition) is 2. The van der Waals surface area contributed by atoms with Gasteiger partial charge in [-0.1, -0.05) is 43.7 Å². The molecule has 0 saturated heterocycles. The van der Waals surface area contributed by atoms with Gasteiger partial charge in [-0.15, -0.1) is 0 Å². The van der Waals surface area contributed by atoms with Gasteiger partial charge >= 0.3 is 0 Å². The minimum Gasteiger partial charge on any atom is -0.348 e. The summed E-state index contributed by atoms with van der Waals surface area (Å²) >= 11 is 0. The zero-order valence-electron chi connectivity index (χ0n) is 11.7. The molecule has 1 rings (SSSR count). The molecule has 1 amide bonds. The van der Waals surface area contributed by atoms with Crippen molar-refractivity contribution in [2.45, 2.75) is 46.2 Å². The van der Waals surface area contributed by atoms with Crippen molar-refractivity contribution in [2.24, 2.45) is 11.7 Å². The van der Waals surface area contributed by atoms with Gasteiger partial charge in [0.25, 0.3) is 0 Å². The van der Waals surface area contributed by atoms with Crippen LogP contribution in [0.5, 0.6) is 0 Å². The molecule has 0 unspecified atom stereocenters. The second-order valence-electron chi connectivity index (χ2n) is 5.38. The Hall–Kier alpha value is -1.35. The van der Waals surface area contributed by atoms with E-state index in [1.807, 2.05) is 32.0 Å². The minimum atomic E-state index is -0.419. The van der Waals surface area contributed by atoms with Crippen molar-refractivity contribution in [1.29, 1.82) is 0 Å². The standard InChI is InChI=1S/C15H24N2O/c1-10(2)8-14(16)15(18)17-12(4)13-7-5-6-11(3)9-13/h5-7,9-10,12,14H,8,16H2,1-4H3,(H,17,18)/t12-,14+/m0/s1. The van der Waals surface area contributed by atoms with Crippen molar-refractivity contribution < 1.29 is 4.79 Å². The lowest BCUT2D eigenvalue weighted by molar-refractivity contribution is -0.123. The molecule has 0 spiro atoms.